The zero-order chi connectivity index (χ0) is 13.1. The Morgan fingerprint density at radius 2 is 2.18 bits per heavy atom. The average Bonchev–Trinajstić information content (AvgIpc) is 2.31. The lowest BCUT2D eigenvalue weighted by molar-refractivity contribution is 0.640. The van der Waals surface area contributed by atoms with Gasteiger partial charge in [0, 0.05) is 19.0 Å². The lowest BCUT2D eigenvalue weighted by Gasteiger charge is -2.11. The van der Waals surface area contributed by atoms with E-state index in [0.29, 0.717) is 0 Å². The second-order valence-electron chi connectivity index (χ2n) is 3.85. The number of hydrogen-bond donors (Lipinski definition) is 1. The van der Waals surface area contributed by atoms with Crippen molar-refractivity contribution < 1.29 is 4.39 Å². The van der Waals surface area contributed by atoms with Crippen LogP contribution >= 0.6 is 0 Å². The second kappa shape index (κ2) is 9.72. The molecule has 0 aromatic carbocycles. The van der Waals surface area contributed by atoms with E-state index in [-0.39, 0.29) is 11.7 Å². The summed E-state index contributed by atoms with van der Waals surface area (Å²) >= 11 is 0. The maximum Gasteiger partial charge on any atom is 0.0968 e. The van der Waals surface area contributed by atoms with Crippen molar-refractivity contribution in [2.75, 3.05) is 6.54 Å². The molecule has 1 nitrogen and oxygen atoms in total. The van der Waals surface area contributed by atoms with E-state index in [4.69, 9.17) is 0 Å². The fourth-order valence-electron chi connectivity index (χ4n) is 1.26. The smallest absolute Gasteiger partial charge is 0.0968 e. The molecule has 94 valence electrons. The molecule has 0 aromatic rings. The van der Waals surface area contributed by atoms with Gasteiger partial charge in [0.2, 0.25) is 0 Å². The van der Waals surface area contributed by atoms with E-state index in [9.17, 15) is 4.39 Å². The topological polar surface area (TPSA) is 12.0 Å². The lowest BCUT2D eigenvalue weighted by atomic mass is 9.97. The molecule has 1 N–H and O–H groups in total. The molecule has 0 radical (unpaired) electrons. The molecule has 1 atom stereocenters. The van der Waals surface area contributed by atoms with E-state index < -0.39 is 0 Å². The third-order valence-electron chi connectivity index (χ3n) is 2.36. The highest BCUT2D eigenvalue weighted by Crippen LogP contribution is 2.15. The molecule has 0 aliphatic heterocycles. The summed E-state index contributed by atoms with van der Waals surface area (Å²) in [5, 5.41) is 3.03. The molecule has 0 amide bonds. The maximum atomic E-state index is 12.7. The third kappa shape index (κ3) is 8.33. The first-order valence-electron chi connectivity index (χ1n) is 5.98. The normalized spacial score (nSPS) is 13.6. The summed E-state index contributed by atoms with van der Waals surface area (Å²) in [6, 6.07) is 2.87. The molecule has 17 heavy (non-hydrogen) atoms. The van der Waals surface area contributed by atoms with Crippen molar-refractivity contribution >= 4 is 0 Å². The van der Waals surface area contributed by atoms with E-state index in [2.05, 4.69) is 30.8 Å². The number of rotatable bonds is 6. The van der Waals surface area contributed by atoms with Gasteiger partial charge >= 0.3 is 0 Å². The Balaban J connectivity index is 4.35. The second-order valence-corrected chi connectivity index (χ2v) is 3.85. The fourth-order valence-corrected chi connectivity index (χ4v) is 1.26. The van der Waals surface area contributed by atoms with Gasteiger partial charge in [0.05, 0.1) is 5.83 Å². The molecule has 0 aliphatic carbocycles. The van der Waals surface area contributed by atoms with Gasteiger partial charge in [0.25, 0.3) is 0 Å². The van der Waals surface area contributed by atoms with Crippen LogP contribution in [0.15, 0.2) is 36.2 Å². The SMILES string of the molecule is C=CC(C)C(=CC=C(C)F)CCNC#CCC. The minimum absolute atomic E-state index is 0.183. The van der Waals surface area contributed by atoms with Crippen molar-refractivity contribution in [1.29, 1.82) is 0 Å². The van der Waals surface area contributed by atoms with Crippen LogP contribution in [0.3, 0.4) is 0 Å². The quantitative estimate of drug-likeness (QED) is 0.241. The predicted octanol–water partition coefficient (Wildman–Crippen LogP) is 3.96. The summed E-state index contributed by atoms with van der Waals surface area (Å²) < 4.78 is 12.7. The molecule has 0 rings (SSSR count). The summed E-state index contributed by atoms with van der Waals surface area (Å²) in [5.41, 5.74) is 1.16. The predicted molar refractivity (Wildman–Crippen MR) is 73.0 cm³/mol. The lowest BCUT2D eigenvalue weighted by Crippen LogP contribution is -2.10. The Kier molecular flexibility index (Phi) is 8.86. The number of nitrogens with one attached hydrogen (secondary N) is 1. The van der Waals surface area contributed by atoms with Crippen LogP contribution in [0.5, 0.6) is 0 Å². The van der Waals surface area contributed by atoms with Gasteiger partial charge in [-0.15, -0.1) is 6.58 Å². The van der Waals surface area contributed by atoms with Gasteiger partial charge in [-0.2, -0.15) is 0 Å². The summed E-state index contributed by atoms with van der Waals surface area (Å²) in [7, 11) is 0. The highest BCUT2D eigenvalue weighted by atomic mass is 19.1. The van der Waals surface area contributed by atoms with Crippen LogP contribution in [0.25, 0.3) is 0 Å². The Bertz CT molecular complexity index is 338. The van der Waals surface area contributed by atoms with Crippen molar-refractivity contribution in [2.24, 2.45) is 5.92 Å². The molecule has 0 saturated heterocycles. The van der Waals surface area contributed by atoms with Crippen LogP contribution in [0.2, 0.25) is 0 Å². The van der Waals surface area contributed by atoms with Gasteiger partial charge < -0.3 is 5.32 Å². The molecule has 1 unspecified atom stereocenters. The molecule has 0 fully saturated rings. The molecule has 0 spiro atoms. The Hall–Kier alpha value is -1.49. The van der Waals surface area contributed by atoms with Crippen LogP contribution in [-0.2, 0) is 0 Å². The zero-order valence-electron chi connectivity index (χ0n) is 11.0. The van der Waals surface area contributed by atoms with Crippen LogP contribution in [0.4, 0.5) is 4.39 Å². The van der Waals surface area contributed by atoms with Crippen molar-refractivity contribution in [1.82, 2.24) is 5.32 Å². The molecule has 0 bridgehead atoms. The number of halogens is 1. The average molecular weight is 235 g/mol. The van der Waals surface area contributed by atoms with E-state index in [1.54, 1.807) is 0 Å². The first kappa shape index (κ1) is 15.5. The van der Waals surface area contributed by atoms with Crippen LogP contribution in [0.1, 0.15) is 33.6 Å². The Morgan fingerprint density at radius 3 is 2.71 bits per heavy atom. The molecule has 0 aromatic heterocycles. The summed E-state index contributed by atoms with van der Waals surface area (Å²) in [4.78, 5) is 0. The van der Waals surface area contributed by atoms with Gasteiger partial charge in [-0.1, -0.05) is 37.5 Å². The van der Waals surface area contributed by atoms with Crippen LogP contribution in [0, 0.1) is 17.9 Å². The Labute approximate surface area is 104 Å². The van der Waals surface area contributed by atoms with Crippen molar-refractivity contribution in [3.05, 3.63) is 36.2 Å². The fraction of sp³-hybridized carbons (Fsp3) is 0.467. The Morgan fingerprint density at radius 1 is 1.47 bits per heavy atom. The molecular weight excluding hydrogens is 213 g/mol. The van der Waals surface area contributed by atoms with E-state index in [1.807, 2.05) is 19.1 Å². The van der Waals surface area contributed by atoms with Gasteiger partial charge in [-0.25, -0.2) is 4.39 Å². The van der Waals surface area contributed by atoms with E-state index in [0.717, 1.165) is 25.0 Å². The molecule has 2 heteroatoms. The third-order valence-corrected chi connectivity index (χ3v) is 2.36. The monoisotopic (exact) mass is 235 g/mol. The molecule has 0 aliphatic rings. The van der Waals surface area contributed by atoms with Crippen LogP contribution < -0.4 is 5.32 Å². The highest BCUT2D eigenvalue weighted by molar-refractivity contribution is 5.19. The minimum Gasteiger partial charge on any atom is -0.346 e. The van der Waals surface area contributed by atoms with Gasteiger partial charge in [-0.3, -0.25) is 0 Å². The highest BCUT2D eigenvalue weighted by Gasteiger charge is 2.03. The van der Waals surface area contributed by atoms with Crippen molar-refractivity contribution in [3.63, 3.8) is 0 Å². The van der Waals surface area contributed by atoms with E-state index in [1.165, 1.54) is 13.0 Å². The van der Waals surface area contributed by atoms with Gasteiger partial charge in [-0.05, 0) is 25.3 Å². The van der Waals surface area contributed by atoms with Gasteiger partial charge in [0.15, 0.2) is 0 Å². The number of allylic oxidation sites excluding steroid dienone is 4. The maximum absolute atomic E-state index is 12.7. The molecular formula is C15H22FN. The standard InChI is InChI=1S/C15H22FN/c1-5-7-11-17-12-10-15(13(3)6-2)9-8-14(4)16/h6,8-9,13,17H,2,5,10,12H2,1,3-4H3. The summed E-state index contributed by atoms with van der Waals surface area (Å²) in [6.45, 7) is 10.0. The zero-order valence-corrected chi connectivity index (χ0v) is 11.0. The van der Waals surface area contributed by atoms with Crippen molar-refractivity contribution in [3.8, 4) is 12.0 Å². The molecule has 0 heterocycles. The summed E-state index contributed by atoms with van der Waals surface area (Å²) in [5.74, 6) is 3.02. The first-order valence-corrected chi connectivity index (χ1v) is 5.98. The van der Waals surface area contributed by atoms with Crippen LogP contribution in [-0.4, -0.2) is 6.54 Å². The van der Waals surface area contributed by atoms with Gasteiger partial charge in [0.1, 0.15) is 0 Å². The van der Waals surface area contributed by atoms with Crippen molar-refractivity contribution in [2.45, 2.75) is 33.6 Å². The van der Waals surface area contributed by atoms with E-state index >= 15 is 0 Å². The number of hydrogen-bond acceptors (Lipinski definition) is 1. The molecule has 0 saturated carbocycles. The minimum atomic E-state index is -0.183. The largest absolute Gasteiger partial charge is 0.346 e. The summed E-state index contributed by atoms with van der Waals surface area (Å²) in [6.07, 6.45) is 6.88. The first-order chi connectivity index (χ1) is 8.11.